The fourth-order valence-corrected chi connectivity index (χ4v) is 2.45. The number of rotatable bonds is 6. The van der Waals surface area contributed by atoms with E-state index < -0.39 is 0 Å². The van der Waals surface area contributed by atoms with Gasteiger partial charge in [0.15, 0.2) is 0 Å². The van der Waals surface area contributed by atoms with Crippen molar-refractivity contribution in [3.05, 3.63) is 57.4 Å². The van der Waals surface area contributed by atoms with Crippen molar-refractivity contribution in [1.29, 1.82) is 0 Å². The van der Waals surface area contributed by atoms with Crippen LogP contribution in [0.5, 0.6) is 11.5 Å². The maximum absolute atomic E-state index is 11.2. The molecule has 2 rings (SSSR count). The second kappa shape index (κ2) is 7.00. The molecule has 0 bridgehead atoms. The second-order valence-electron chi connectivity index (χ2n) is 5.26. The molecular weight excluding hydrogens is 296 g/mol. The van der Waals surface area contributed by atoms with Gasteiger partial charge in [0.25, 0.3) is 5.69 Å². The number of nitro groups is 1. The molecule has 0 spiro atoms. The SMILES string of the molecule is CCc1c([N+](=O)[O-])ccc(Oc2ccnc(CC(C)=O)c2)c1C. The van der Waals surface area contributed by atoms with Crippen LogP contribution in [0, 0.1) is 17.0 Å². The van der Waals surface area contributed by atoms with Crippen LogP contribution in [0.4, 0.5) is 5.69 Å². The summed E-state index contributed by atoms with van der Waals surface area (Å²) < 4.78 is 5.83. The van der Waals surface area contributed by atoms with Crippen LogP contribution in [0.2, 0.25) is 0 Å². The van der Waals surface area contributed by atoms with Crippen molar-refractivity contribution in [3.63, 3.8) is 0 Å². The van der Waals surface area contributed by atoms with Gasteiger partial charge in [0, 0.05) is 35.9 Å². The first-order valence-corrected chi connectivity index (χ1v) is 7.31. The van der Waals surface area contributed by atoms with Crippen molar-refractivity contribution < 1.29 is 14.5 Å². The van der Waals surface area contributed by atoms with E-state index in [-0.39, 0.29) is 22.8 Å². The molecule has 6 heteroatoms. The van der Waals surface area contributed by atoms with Crippen LogP contribution in [0.15, 0.2) is 30.5 Å². The lowest BCUT2D eigenvalue weighted by Gasteiger charge is -2.12. The minimum Gasteiger partial charge on any atom is -0.457 e. The molecule has 0 unspecified atom stereocenters. The number of nitro benzene ring substituents is 1. The summed E-state index contributed by atoms with van der Waals surface area (Å²) in [5.41, 5.74) is 2.13. The van der Waals surface area contributed by atoms with Gasteiger partial charge >= 0.3 is 0 Å². The minimum atomic E-state index is -0.382. The summed E-state index contributed by atoms with van der Waals surface area (Å²) in [4.78, 5) is 26.0. The topological polar surface area (TPSA) is 82.3 Å². The van der Waals surface area contributed by atoms with E-state index in [0.29, 0.717) is 29.2 Å². The van der Waals surface area contributed by atoms with E-state index in [1.54, 1.807) is 31.3 Å². The molecule has 0 aliphatic heterocycles. The van der Waals surface area contributed by atoms with Crippen molar-refractivity contribution in [3.8, 4) is 11.5 Å². The normalized spacial score (nSPS) is 10.4. The van der Waals surface area contributed by atoms with Crippen LogP contribution in [0.3, 0.4) is 0 Å². The number of Topliss-reactive ketones (excluding diaryl/α,β-unsaturated/α-hetero) is 1. The Morgan fingerprint density at radius 2 is 2.09 bits per heavy atom. The molecule has 2 aromatic rings. The van der Waals surface area contributed by atoms with Crippen LogP contribution >= 0.6 is 0 Å². The molecule has 23 heavy (non-hydrogen) atoms. The van der Waals surface area contributed by atoms with Gasteiger partial charge in [-0.15, -0.1) is 0 Å². The number of carbonyl (C=O) groups is 1. The third kappa shape index (κ3) is 3.91. The first-order valence-electron chi connectivity index (χ1n) is 7.31. The highest BCUT2D eigenvalue weighted by Crippen LogP contribution is 2.33. The number of benzene rings is 1. The van der Waals surface area contributed by atoms with Gasteiger partial charge in [-0.1, -0.05) is 6.92 Å². The molecule has 0 fully saturated rings. The highest BCUT2D eigenvalue weighted by molar-refractivity contribution is 5.77. The number of hydrogen-bond acceptors (Lipinski definition) is 5. The van der Waals surface area contributed by atoms with Gasteiger partial charge < -0.3 is 4.74 Å². The van der Waals surface area contributed by atoms with Crippen molar-refractivity contribution >= 4 is 11.5 Å². The van der Waals surface area contributed by atoms with E-state index in [0.717, 1.165) is 5.56 Å². The smallest absolute Gasteiger partial charge is 0.273 e. The van der Waals surface area contributed by atoms with Gasteiger partial charge in [-0.05, 0) is 32.4 Å². The molecule has 1 heterocycles. The standard InChI is InChI=1S/C17H18N2O4/c1-4-15-12(3)17(6-5-16(15)19(21)22)23-14-7-8-18-13(10-14)9-11(2)20/h5-8,10H,4,9H2,1-3H3. The quantitative estimate of drug-likeness (QED) is 0.598. The first-order chi connectivity index (χ1) is 10.9. The molecular formula is C17H18N2O4. The summed E-state index contributed by atoms with van der Waals surface area (Å²) in [6.45, 7) is 5.18. The lowest BCUT2D eigenvalue weighted by atomic mass is 10.0. The largest absolute Gasteiger partial charge is 0.457 e. The van der Waals surface area contributed by atoms with E-state index in [1.807, 2.05) is 6.92 Å². The Kier molecular flexibility index (Phi) is 5.05. The van der Waals surface area contributed by atoms with Crippen molar-refractivity contribution in [2.75, 3.05) is 0 Å². The molecule has 0 amide bonds. The molecule has 6 nitrogen and oxygen atoms in total. The summed E-state index contributed by atoms with van der Waals surface area (Å²) in [5, 5.41) is 11.1. The summed E-state index contributed by atoms with van der Waals surface area (Å²) in [5.74, 6) is 1.14. The Labute approximate surface area is 134 Å². The fraction of sp³-hybridized carbons (Fsp3) is 0.294. The molecule has 0 saturated carbocycles. The number of pyridine rings is 1. The maximum Gasteiger partial charge on any atom is 0.273 e. The summed E-state index contributed by atoms with van der Waals surface area (Å²) in [7, 11) is 0. The molecule has 0 aliphatic rings. The Morgan fingerprint density at radius 1 is 1.35 bits per heavy atom. The Hall–Kier alpha value is -2.76. The van der Waals surface area contributed by atoms with E-state index in [1.165, 1.54) is 13.0 Å². The van der Waals surface area contributed by atoms with Gasteiger partial charge in [-0.3, -0.25) is 19.9 Å². The highest BCUT2D eigenvalue weighted by atomic mass is 16.6. The third-order valence-electron chi connectivity index (χ3n) is 3.52. The minimum absolute atomic E-state index is 0.0226. The zero-order valence-corrected chi connectivity index (χ0v) is 13.3. The van der Waals surface area contributed by atoms with Crippen molar-refractivity contribution in [1.82, 2.24) is 4.98 Å². The van der Waals surface area contributed by atoms with Gasteiger partial charge in [-0.25, -0.2) is 0 Å². The molecule has 1 aromatic carbocycles. The summed E-state index contributed by atoms with van der Waals surface area (Å²) in [6, 6.07) is 6.44. The van der Waals surface area contributed by atoms with E-state index >= 15 is 0 Å². The maximum atomic E-state index is 11.2. The fourth-order valence-electron chi connectivity index (χ4n) is 2.45. The van der Waals surface area contributed by atoms with Crippen molar-refractivity contribution in [2.24, 2.45) is 0 Å². The molecule has 120 valence electrons. The van der Waals surface area contributed by atoms with Crippen LogP contribution in [0.25, 0.3) is 0 Å². The molecule has 1 aromatic heterocycles. The second-order valence-corrected chi connectivity index (χ2v) is 5.26. The number of ether oxygens (including phenoxy) is 1. The van der Waals surface area contributed by atoms with Crippen LogP contribution in [0.1, 0.15) is 30.7 Å². The predicted molar refractivity (Wildman–Crippen MR) is 85.9 cm³/mol. The monoisotopic (exact) mass is 314 g/mol. The molecule has 0 radical (unpaired) electrons. The lowest BCUT2D eigenvalue weighted by molar-refractivity contribution is -0.385. The van der Waals surface area contributed by atoms with Crippen molar-refractivity contribution in [2.45, 2.75) is 33.6 Å². The van der Waals surface area contributed by atoms with Crippen LogP contribution in [-0.4, -0.2) is 15.7 Å². The predicted octanol–water partition coefficient (Wildman–Crippen LogP) is 3.78. The molecule has 0 atom stereocenters. The highest BCUT2D eigenvalue weighted by Gasteiger charge is 2.18. The molecule has 0 N–H and O–H groups in total. The average molecular weight is 314 g/mol. The molecule has 0 aliphatic carbocycles. The Bertz CT molecular complexity index is 756. The van der Waals surface area contributed by atoms with E-state index in [2.05, 4.69) is 4.98 Å². The van der Waals surface area contributed by atoms with Crippen LogP contribution in [-0.2, 0) is 17.6 Å². The average Bonchev–Trinajstić information content (AvgIpc) is 2.48. The van der Waals surface area contributed by atoms with Crippen LogP contribution < -0.4 is 4.74 Å². The number of carbonyl (C=O) groups excluding carboxylic acids is 1. The first kappa shape index (κ1) is 16.6. The number of nitrogens with zero attached hydrogens (tertiary/aromatic N) is 2. The Morgan fingerprint density at radius 3 is 2.70 bits per heavy atom. The summed E-state index contributed by atoms with van der Waals surface area (Å²) >= 11 is 0. The Balaban J connectivity index is 2.34. The number of aromatic nitrogens is 1. The number of ketones is 1. The third-order valence-corrected chi connectivity index (χ3v) is 3.52. The van der Waals surface area contributed by atoms with E-state index in [4.69, 9.17) is 4.74 Å². The lowest BCUT2D eigenvalue weighted by Crippen LogP contribution is -2.01. The van der Waals surface area contributed by atoms with Gasteiger partial charge in [0.05, 0.1) is 10.6 Å². The zero-order chi connectivity index (χ0) is 17.0. The molecule has 0 saturated heterocycles. The van der Waals surface area contributed by atoms with Gasteiger partial charge in [0.2, 0.25) is 0 Å². The van der Waals surface area contributed by atoms with Gasteiger partial charge in [-0.2, -0.15) is 0 Å². The van der Waals surface area contributed by atoms with E-state index in [9.17, 15) is 14.9 Å². The number of hydrogen-bond donors (Lipinski definition) is 0. The summed E-state index contributed by atoms with van der Waals surface area (Å²) in [6.07, 6.45) is 2.37. The zero-order valence-electron chi connectivity index (χ0n) is 13.3. The van der Waals surface area contributed by atoms with Gasteiger partial charge in [0.1, 0.15) is 17.3 Å².